The zero-order valence-corrected chi connectivity index (χ0v) is 11.3. The van der Waals surface area contributed by atoms with E-state index in [0.717, 1.165) is 12.3 Å². The van der Waals surface area contributed by atoms with E-state index in [1.165, 1.54) is 31.3 Å². The van der Waals surface area contributed by atoms with E-state index in [9.17, 15) is 0 Å². The second kappa shape index (κ2) is 3.87. The van der Waals surface area contributed by atoms with Crippen LogP contribution in [0.4, 0.5) is 0 Å². The van der Waals surface area contributed by atoms with Crippen LogP contribution in [0.1, 0.15) is 59.8 Å². The van der Waals surface area contributed by atoms with E-state index in [2.05, 4.69) is 34.3 Å². The molecule has 92 valence electrons. The van der Waals surface area contributed by atoms with Gasteiger partial charge in [0.15, 0.2) is 0 Å². The summed E-state index contributed by atoms with van der Waals surface area (Å²) in [6.07, 6.45) is 6.58. The van der Waals surface area contributed by atoms with Gasteiger partial charge in [-0.3, -0.25) is 0 Å². The molecule has 1 saturated carbocycles. The summed E-state index contributed by atoms with van der Waals surface area (Å²) in [5.74, 6) is 0.822. The van der Waals surface area contributed by atoms with Crippen molar-refractivity contribution in [2.75, 3.05) is 0 Å². The number of hydrogen-bond donors (Lipinski definition) is 0. The monoisotopic (exact) mass is 222 g/mol. The summed E-state index contributed by atoms with van der Waals surface area (Å²) in [5.41, 5.74) is 1.90. The van der Waals surface area contributed by atoms with Crippen molar-refractivity contribution in [1.29, 1.82) is 0 Å². The van der Waals surface area contributed by atoms with Crippen LogP contribution < -0.4 is 0 Å². The third-order valence-corrected chi connectivity index (χ3v) is 4.55. The van der Waals surface area contributed by atoms with Crippen molar-refractivity contribution in [3.05, 3.63) is 12.2 Å². The van der Waals surface area contributed by atoms with E-state index in [1.54, 1.807) is 0 Å². The van der Waals surface area contributed by atoms with Crippen molar-refractivity contribution in [3.8, 4) is 0 Å². The Morgan fingerprint density at radius 1 is 1.44 bits per heavy atom. The largest absolute Gasteiger partial charge is 0.361 e. The summed E-state index contributed by atoms with van der Waals surface area (Å²) in [6, 6.07) is 0. The zero-order valence-electron chi connectivity index (χ0n) is 11.3. The summed E-state index contributed by atoms with van der Waals surface area (Å²) in [5, 5.41) is 0. The minimum Gasteiger partial charge on any atom is -0.361 e. The molecule has 1 nitrogen and oxygen atoms in total. The van der Waals surface area contributed by atoms with E-state index >= 15 is 0 Å². The van der Waals surface area contributed by atoms with Gasteiger partial charge in [-0.05, 0) is 42.6 Å². The molecule has 2 rings (SSSR count). The van der Waals surface area contributed by atoms with E-state index in [1.807, 2.05) is 0 Å². The standard InChI is InChI=1S/C15H26O/c1-6-7-11(2)15-9-8-12(14(3,4)5)10-13(15)16-15/h12-13H,2,6-10H2,1,3-5H3. The van der Waals surface area contributed by atoms with Gasteiger partial charge >= 0.3 is 0 Å². The Labute approximate surface area is 100 Å². The number of fused-ring (bicyclic) bond motifs is 1. The molecule has 0 aromatic heterocycles. The first-order valence-electron chi connectivity index (χ1n) is 6.76. The SMILES string of the molecule is C=C(CCC)C12CCC(C(C)(C)C)CC1O2. The third-order valence-electron chi connectivity index (χ3n) is 4.55. The molecule has 0 amide bonds. The first-order valence-corrected chi connectivity index (χ1v) is 6.76. The van der Waals surface area contributed by atoms with Gasteiger partial charge < -0.3 is 4.74 Å². The molecule has 0 aromatic carbocycles. The third kappa shape index (κ3) is 1.95. The van der Waals surface area contributed by atoms with Crippen LogP contribution in [-0.4, -0.2) is 11.7 Å². The van der Waals surface area contributed by atoms with Crippen LogP contribution in [0.25, 0.3) is 0 Å². The summed E-state index contributed by atoms with van der Waals surface area (Å²) >= 11 is 0. The van der Waals surface area contributed by atoms with Crippen LogP contribution in [-0.2, 0) is 4.74 Å². The zero-order chi connectivity index (χ0) is 12.0. The summed E-state index contributed by atoms with van der Waals surface area (Å²) < 4.78 is 6.01. The lowest BCUT2D eigenvalue weighted by Crippen LogP contribution is -2.32. The molecule has 0 N–H and O–H groups in total. The lowest BCUT2D eigenvalue weighted by Gasteiger charge is -2.35. The molecule has 3 atom stereocenters. The van der Waals surface area contributed by atoms with E-state index in [4.69, 9.17) is 4.74 Å². The molecule has 1 heteroatoms. The topological polar surface area (TPSA) is 12.5 Å². The molecule has 1 saturated heterocycles. The highest BCUT2D eigenvalue weighted by molar-refractivity contribution is 5.27. The maximum atomic E-state index is 6.01. The van der Waals surface area contributed by atoms with Crippen molar-refractivity contribution < 1.29 is 4.74 Å². The second-order valence-corrected chi connectivity index (χ2v) is 6.69. The Bertz CT molecular complexity index is 286. The lowest BCUT2D eigenvalue weighted by molar-refractivity contribution is 0.183. The molecule has 1 heterocycles. The predicted octanol–water partition coefficient (Wildman–Crippen LogP) is 4.33. The predicted molar refractivity (Wildman–Crippen MR) is 68.4 cm³/mol. The first-order chi connectivity index (χ1) is 7.40. The minimum absolute atomic E-state index is 0.109. The normalized spacial score (nSPS) is 38.0. The van der Waals surface area contributed by atoms with Crippen molar-refractivity contribution in [2.24, 2.45) is 11.3 Å². The molecule has 2 aliphatic rings. The fourth-order valence-electron chi connectivity index (χ4n) is 3.23. The molecule has 0 spiro atoms. The van der Waals surface area contributed by atoms with Gasteiger partial charge in [-0.25, -0.2) is 0 Å². The van der Waals surface area contributed by atoms with Gasteiger partial charge in [-0.2, -0.15) is 0 Å². The molecule has 0 radical (unpaired) electrons. The Morgan fingerprint density at radius 2 is 2.12 bits per heavy atom. The quantitative estimate of drug-likeness (QED) is 0.511. The highest BCUT2D eigenvalue weighted by atomic mass is 16.6. The van der Waals surface area contributed by atoms with Crippen molar-refractivity contribution >= 4 is 0 Å². The molecular weight excluding hydrogens is 196 g/mol. The van der Waals surface area contributed by atoms with E-state index in [0.29, 0.717) is 11.5 Å². The Morgan fingerprint density at radius 3 is 2.62 bits per heavy atom. The minimum atomic E-state index is 0.109. The summed E-state index contributed by atoms with van der Waals surface area (Å²) in [7, 11) is 0. The second-order valence-electron chi connectivity index (χ2n) is 6.69. The molecule has 16 heavy (non-hydrogen) atoms. The Hall–Kier alpha value is -0.300. The van der Waals surface area contributed by atoms with Crippen LogP contribution in [0.3, 0.4) is 0 Å². The molecule has 2 fully saturated rings. The van der Waals surface area contributed by atoms with Gasteiger partial charge in [0.2, 0.25) is 0 Å². The van der Waals surface area contributed by atoms with Crippen LogP contribution >= 0.6 is 0 Å². The average molecular weight is 222 g/mol. The van der Waals surface area contributed by atoms with Gasteiger partial charge in [0.1, 0.15) is 5.60 Å². The van der Waals surface area contributed by atoms with Crippen molar-refractivity contribution in [3.63, 3.8) is 0 Å². The average Bonchev–Trinajstić information content (AvgIpc) is 2.90. The van der Waals surface area contributed by atoms with Crippen LogP contribution in [0.15, 0.2) is 12.2 Å². The summed E-state index contributed by atoms with van der Waals surface area (Å²) in [6.45, 7) is 13.5. The van der Waals surface area contributed by atoms with Gasteiger partial charge in [-0.15, -0.1) is 0 Å². The molecule has 1 aliphatic heterocycles. The Kier molecular flexibility index (Phi) is 2.94. The van der Waals surface area contributed by atoms with Crippen LogP contribution in [0, 0.1) is 11.3 Å². The highest BCUT2D eigenvalue weighted by Gasteiger charge is 2.60. The van der Waals surface area contributed by atoms with Crippen molar-refractivity contribution in [2.45, 2.75) is 71.5 Å². The number of epoxide rings is 1. The maximum Gasteiger partial charge on any atom is 0.115 e. The highest BCUT2D eigenvalue weighted by Crippen LogP contribution is 2.57. The molecular formula is C15H26O. The van der Waals surface area contributed by atoms with Crippen LogP contribution in [0.2, 0.25) is 0 Å². The molecule has 1 aliphatic carbocycles. The number of rotatable bonds is 3. The molecule has 0 aromatic rings. The van der Waals surface area contributed by atoms with E-state index < -0.39 is 0 Å². The lowest BCUT2D eigenvalue weighted by atomic mass is 9.68. The number of hydrogen-bond acceptors (Lipinski definition) is 1. The summed E-state index contributed by atoms with van der Waals surface area (Å²) in [4.78, 5) is 0. The fraction of sp³-hybridized carbons (Fsp3) is 0.867. The fourth-order valence-corrected chi connectivity index (χ4v) is 3.23. The molecule has 3 unspecified atom stereocenters. The first kappa shape index (κ1) is 12.2. The maximum absolute atomic E-state index is 6.01. The van der Waals surface area contributed by atoms with Crippen LogP contribution in [0.5, 0.6) is 0 Å². The van der Waals surface area contributed by atoms with Gasteiger partial charge in [0, 0.05) is 0 Å². The van der Waals surface area contributed by atoms with E-state index in [-0.39, 0.29) is 5.60 Å². The van der Waals surface area contributed by atoms with Gasteiger partial charge in [0.05, 0.1) is 6.10 Å². The number of ether oxygens (including phenoxy) is 1. The van der Waals surface area contributed by atoms with Gasteiger partial charge in [-0.1, -0.05) is 40.7 Å². The smallest absolute Gasteiger partial charge is 0.115 e. The van der Waals surface area contributed by atoms with Gasteiger partial charge in [0.25, 0.3) is 0 Å². The Balaban J connectivity index is 1.97. The van der Waals surface area contributed by atoms with Crippen molar-refractivity contribution in [1.82, 2.24) is 0 Å². The molecule has 0 bridgehead atoms.